The summed E-state index contributed by atoms with van der Waals surface area (Å²) in [4.78, 5) is 11.9. The van der Waals surface area contributed by atoms with Gasteiger partial charge in [-0.1, -0.05) is 0 Å². The van der Waals surface area contributed by atoms with Gasteiger partial charge in [0, 0.05) is 6.54 Å². The van der Waals surface area contributed by atoms with Gasteiger partial charge < -0.3 is 10.5 Å². The molecular weight excluding hydrogens is 268 g/mol. The fraction of sp³-hybridized carbons (Fsp3) is 0.417. The van der Waals surface area contributed by atoms with Crippen LogP contribution in [0, 0.1) is 0 Å². The predicted octanol–water partition coefficient (Wildman–Crippen LogP) is 0.479. The molecule has 1 heterocycles. The van der Waals surface area contributed by atoms with E-state index in [1.165, 1.54) is 26.0 Å². The zero-order valence-electron chi connectivity index (χ0n) is 10.8. The molecular formula is C12H16N2O4S. The van der Waals surface area contributed by atoms with Crippen LogP contribution in [0.25, 0.3) is 0 Å². The van der Waals surface area contributed by atoms with Crippen molar-refractivity contribution in [2.24, 2.45) is 5.73 Å². The van der Waals surface area contributed by atoms with Crippen LogP contribution in [0.1, 0.15) is 13.8 Å². The Morgan fingerprint density at radius 3 is 2.32 bits per heavy atom. The number of hydrogen-bond donors (Lipinski definition) is 1. The highest BCUT2D eigenvalue weighted by molar-refractivity contribution is 7.98. The number of benzene rings is 1. The Hall–Kier alpha value is -1.60. The summed E-state index contributed by atoms with van der Waals surface area (Å²) >= 11 is 0. The minimum absolute atomic E-state index is 0.324. The number of sulfonamides is 1. The Bertz CT molecular complexity index is 593. The van der Waals surface area contributed by atoms with Crippen LogP contribution in [0.3, 0.4) is 0 Å². The number of anilines is 1. The first kappa shape index (κ1) is 13.8. The first-order valence-corrected chi connectivity index (χ1v) is 7.28. The van der Waals surface area contributed by atoms with Crippen molar-refractivity contribution in [1.82, 2.24) is 0 Å². The second kappa shape index (κ2) is 4.50. The van der Waals surface area contributed by atoms with Crippen molar-refractivity contribution < 1.29 is 17.9 Å². The number of rotatable bonds is 4. The van der Waals surface area contributed by atoms with Gasteiger partial charge in [0.05, 0.1) is 5.69 Å². The zero-order chi connectivity index (χ0) is 14.3. The smallest absolute Gasteiger partial charge is 0.263 e. The normalized spacial score (nSPS) is 19.9. The Morgan fingerprint density at radius 2 is 1.84 bits per heavy atom. The molecule has 1 aliphatic rings. The fourth-order valence-corrected chi connectivity index (χ4v) is 3.25. The van der Waals surface area contributed by atoms with E-state index in [-0.39, 0.29) is 0 Å². The van der Waals surface area contributed by atoms with Crippen molar-refractivity contribution in [3.63, 3.8) is 0 Å². The average molecular weight is 284 g/mol. The second-order valence-corrected chi connectivity index (χ2v) is 7.05. The van der Waals surface area contributed by atoms with E-state index in [1.807, 2.05) is 0 Å². The van der Waals surface area contributed by atoms with Crippen molar-refractivity contribution in [2.75, 3.05) is 17.5 Å². The Balaban J connectivity index is 2.23. The summed E-state index contributed by atoms with van der Waals surface area (Å²) in [6, 6.07) is 6.30. The van der Waals surface area contributed by atoms with E-state index in [1.54, 1.807) is 12.1 Å². The number of hydrogen-bond acceptors (Lipinski definition) is 5. The first-order valence-electron chi connectivity index (χ1n) is 5.84. The highest BCUT2D eigenvalue weighted by Gasteiger charge is 2.60. The summed E-state index contributed by atoms with van der Waals surface area (Å²) in [6.45, 7) is 3.59. The lowest BCUT2D eigenvalue weighted by Gasteiger charge is -2.42. The van der Waals surface area contributed by atoms with Crippen molar-refractivity contribution >= 4 is 21.6 Å². The molecule has 1 amide bonds. The molecule has 1 aromatic rings. The van der Waals surface area contributed by atoms with Gasteiger partial charge >= 0.3 is 0 Å². The van der Waals surface area contributed by atoms with Crippen LogP contribution in [0.15, 0.2) is 24.3 Å². The summed E-state index contributed by atoms with van der Waals surface area (Å²) < 4.78 is 28.7. The molecule has 104 valence electrons. The molecule has 0 saturated carbocycles. The van der Waals surface area contributed by atoms with Crippen LogP contribution in [-0.4, -0.2) is 32.2 Å². The number of carbonyl (C=O) groups excluding carboxylic acids is 1. The van der Waals surface area contributed by atoms with Crippen LogP contribution in [-0.2, 0) is 14.8 Å². The molecule has 1 saturated heterocycles. The fourth-order valence-electron chi connectivity index (χ4n) is 1.76. The molecule has 2 rings (SSSR count). The molecule has 6 nitrogen and oxygen atoms in total. The minimum Gasteiger partial charge on any atom is -0.492 e. The highest BCUT2D eigenvalue weighted by atomic mass is 32.2. The van der Waals surface area contributed by atoms with Crippen LogP contribution >= 0.6 is 0 Å². The molecule has 19 heavy (non-hydrogen) atoms. The van der Waals surface area contributed by atoms with Gasteiger partial charge in [-0.3, -0.25) is 4.79 Å². The Labute approximate surface area is 112 Å². The molecule has 0 spiro atoms. The standard InChI is InChI=1S/C12H16N2O4S/c1-12(2)11(15)14(19(12,16)17)9-3-5-10(6-4-9)18-8-7-13/h3-6H,7-8,13H2,1-2H3. The summed E-state index contributed by atoms with van der Waals surface area (Å²) in [5, 5.41) is 0. The lowest BCUT2D eigenvalue weighted by molar-refractivity contribution is -0.120. The van der Waals surface area contributed by atoms with Gasteiger partial charge in [0.1, 0.15) is 12.4 Å². The number of nitrogens with zero attached hydrogens (tertiary/aromatic N) is 1. The molecule has 0 unspecified atom stereocenters. The molecule has 7 heteroatoms. The molecule has 1 fully saturated rings. The van der Waals surface area contributed by atoms with Gasteiger partial charge in [0.2, 0.25) is 0 Å². The number of nitrogens with two attached hydrogens (primary N) is 1. The lowest BCUT2D eigenvalue weighted by Crippen LogP contribution is -2.67. The van der Waals surface area contributed by atoms with Crippen LogP contribution in [0.2, 0.25) is 0 Å². The molecule has 0 aliphatic carbocycles. The molecule has 0 atom stereocenters. The van der Waals surface area contributed by atoms with E-state index in [9.17, 15) is 13.2 Å². The van der Waals surface area contributed by atoms with E-state index >= 15 is 0 Å². The largest absolute Gasteiger partial charge is 0.492 e. The molecule has 0 aromatic heterocycles. The van der Waals surface area contributed by atoms with Crippen LogP contribution in [0.5, 0.6) is 5.75 Å². The van der Waals surface area contributed by atoms with E-state index in [0.29, 0.717) is 24.6 Å². The van der Waals surface area contributed by atoms with Crippen LogP contribution < -0.4 is 14.8 Å². The van der Waals surface area contributed by atoms with E-state index in [4.69, 9.17) is 10.5 Å². The third-order valence-electron chi connectivity index (χ3n) is 3.04. The van der Waals surface area contributed by atoms with Crippen LogP contribution in [0.4, 0.5) is 5.69 Å². The van der Waals surface area contributed by atoms with Gasteiger partial charge in [-0.05, 0) is 38.1 Å². The Kier molecular flexibility index (Phi) is 3.27. The SMILES string of the molecule is CC1(C)C(=O)N(c2ccc(OCCN)cc2)S1(=O)=O. The number of amides is 1. The van der Waals surface area contributed by atoms with E-state index in [2.05, 4.69) is 0 Å². The molecule has 2 N–H and O–H groups in total. The maximum Gasteiger partial charge on any atom is 0.263 e. The maximum absolute atomic E-state index is 12.0. The van der Waals surface area contributed by atoms with E-state index in [0.717, 1.165) is 4.31 Å². The maximum atomic E-state index is 12.0. The van der Waals surface area contributed by atoms with Crippen molar-refractivity contribution in [3.05, 3.63) is 24.3 Å². The van der Waals surface area contributed by atoms with Gasteiger partial charge in [0.15, 0.2) is 4.75 Å². The summed E-state index contributed by atoms with van der Waals surface area (Å²) in [6.07, 6.45) is 0. The molecule has 0 bridgehead atoms. The topological polar surface area (TPSA) is 89.7 Å². The lowest BCUT2D eigenvalue weighted by atomic mass is 10.1. The Morgan fingerprint density at radius 1 is 1.26 bits per heavy atom. The third-order valence-corrected chi connectivity index (χ3v) is 5.36. The number of carbonyl (C=O) groups is 1. The monoisotopic (exact) mass is 284 g/mol. The van der Waals surface area contributed by atoms with Gasteiger partial charge in [-0.15, -0.1) is 0 Å². The molecule has 0 radical (unpaired) electrons. The van der Waals surface area contributed by atoms with Gasteiger partial charge in [0.25, 0.3) is 15.9 Å². The zero-order valence-corrected chi connectivity index (χ0v) is 11.6. The minimum atomic E-state index is -3.61. The molecule has 1 aliphatic heterocycles. The highest BCUT2D eigenvalue weighted by Crippen LogP contribution is 2.39. The van der Waals surface area contributed by atoms with E-state index < -0.39 is 20.7 Å². The first-order chi connectivity index (χ1) is 8.82. The average Bonchev–Trinajstić information content (AvgIpc) is 2.37. The van der Waals surface area contributed by atoms with Gasteiger partial charge in [-0.2, -0.15) is 0 Å². The van der Waals surface area contributed by atoms with Gasteiger partial charge in [-0.25, -0.2) is 12.7 Å². The van der Waals surface area contributed by atoms with Crippen molar-refractivity contribution in [3.8, 4) is 5.75 Å². The van der Waals surface area contributed by atoms with Crippen molar-refractivity contribution in [2.45, 2.75) is 18.6 Å². The van der Waals surface area contributed by atoms with Crippen molar-refractivity contribution in [1.29, 1.82) is 0 Å². The summed E-state index contributed by atoms with van der Waals surface area (Å²) in [5.74, 6) is 0.155. The third kappa shape index (κ3) is 1.98. The second-order valence-electron chi connectivity index (χ2n) is 4.72. The predicted molar refractivity (Wildman–Crippen MR) is 71.5 cm³/mol. The quantitative estimate of drug-likeness (QED) is 0.868. The molecule has 1 aromatic carbocycles. The number of ether oxygens (including phenoxy) is 1. The summed E-state index contributed by atoms with van der Waals surface area (Å²) in [7, 11) is -3.61. The summed E-state index contributed by atoms with van der Waals surface area (Å²) in [5.41, 5.74) is 5.64.